The normalized spacial score (nSPS) is 12.8. The average Bonchev–Trinajstić information content (AvgIpc) is 2.21. The first-order chi connectivity index (χ1) is 6.38. The largest absolute Gasteiger partial charge is 0.271 e. The third-order valence-electron chi connectivity index (χ3n) is 1.75. The van der Waals surface area contributed by atoms with E-state index in [4.69, 9.17) is 5.84 Å². The number of aromatic nitrogens is 2. The van der Waals surface area contributed by atoms with Crippen molar-refractivity contribution in [2.45, 2.75) is 12.5 Å². The second-order valence-electron chi connectivity index (χ2n) is 2.63. The summed E-state index contributed by atoms with van der Waals surface area (Å²) >= 11 is 1.80. The van der Waals surface area contributed by atoms with Crippen LogP contribution in [-0.2, 0) is 0 Å². The molecular weight excluding hydrogens is 184 g/mol. The van der Waals surface area contributed by atoms with Gasteiger partial charge in [-0.3, -0.25) is 21.2 Å². The fourth-order valence-corrected chi connectivity index (χ4v) is 1.51. The number of nitrogens with two attached hydrogens (primary N) is 1. The van der Waals surface area contributed by atoms with Crippen LogP contribution in [0.2, 0.25) is 0 Å². The summed E-state index contributed by atoms with van der Waals surface area (Å²) in [4.78, 5) is 8.19. The summed E-state index contributed by atoms with van der Waals surface area (Å²) < 4.78 is 0. The minimum Gasteiger partial charge on any atom is -0.271 e. The highest BCUT2D eigenvalue weighted by molar-refractivity contribution is 7.98. The first-order valence-corrected chi connectivity index (χ1v) is 5.49. The van der Waals surface area contributed by atoms with Gasteiger partial charge in [0.1, 0.15) is 0 Å². The quantitative estimate of drug-likeness (QED) is 0.539. The van der Waals surface area contributed by atoms with Gasteiger partial charge in [-0.05, 0) is 18.4 Å². The maximum atomic E-state index is 5.42. The maximum Gasteiger partial charge on any atom is 0.0769 e. The lowest BCUT2D eigenvalue weighted by Crippen LogP contribution is -2.29. The Morgan fingerprint density at radius 2 is 2.46 bits per heavy atom. The van der Waals surface area contributed by atoms with E-state index in [2.05, 4.69) is 21.6 Å². The van der Waals surface area contributed by atoms with Crippen molar-refractivity contribution < 1.29 is 0 Å². The Balaban J connectivity index is 2.56. The van der Waals surface area contributed by atoms with Crippen molar-refractivity contribution in [3.63, 3.8) is 0 Å². The predicted molar refractivity (Wildman–Crippen MR) is 55.1 cm³/mol. The van der Waals surface area contributed by atoms with Crippen LogP contribution in [0.15, 0.2) is 18.6 Å². The van der Waals surface area contributed by atoms with Gasteiger partial charge < -0.3 is 0 Å². The zero-order chi connectivity index (χ0) is 9.52. The average molecular weight is 198 g/mol. The van der Waals surface area contributed by atoms with Crippen LogP contribution >= 0.6 is 11.8 Å². The van der Waals surface area contributed by atoms with Crippen molar-refractivity contribution in [2.24, 2.45) is 5.84 Å². The van der Waals surface area contributed by atoms with Crippen LogP contribution in [0.4, 0.5) is 0 Å². The standard InChI is InChI=1S/C8H14N4S/c1-13-5-2-7(12-9)8-6-10-3-4-11-8/h3-4,6-7,12H,2,5,9H2,1H3. The minimum atomic E-state index is 0.112. The van der Waals surface area contributed by atoms with E-state index in [1.165, 1.54) is 0 Å². The van der Waals surface area contributed by atoms with Gasteiger partial charge in [0.05, 0.1) is 17.9 Å². The van der Waals surface area contributed by atoms with Crippen molar-refractivity contribution in [1.82, 2.24) is 15.4 Å². The summed E-state index contributed by atoms with van der Waals surface area (Å²) in [5.41, 5.74) is 3.64. The lowest BCUT2D eigenvalue weighted by atomic mass is 10.2. The van der Waals surface area contributed by atoms with E-state index in [1.54, 1.807) is 30.4 Å². The number of hydrogen-bond donors (Lipinski definition) is 2. The second kappa shape index (κ2) is 5.90. The van der Waals surface area contributed by atoms with Crippen molar-refractivity contribution in [1.29, 1.82) is 0 Å². The summed E-state index contributed by atoms with van der Waals surface area (Å²) in [6.07, 6.45) is 8.12. The highest BCUT2D eigenvalue weighted by Crippen LogP contribution is 2.13. The van der Waals surface area contributed by atoms with Crippen LogP contribution in [0.1, 0.15) is 18.2 Å². The third kappa shape index (κ3) is 3.30. The molecule has 1 rings (SSSR count). The molecule has 0 saturated carbocycles. The van der Waals surface area contributed by atoms with Gasteiger partial charge in [-0.2, -0.15) is 11.8 Å². The van der Waals surface area contributed by atoms with Gasteiger partial charge in [-0.25, -0.2) is 0 Å². The van der Waals surface area contributed by atoms with Crippen LogP contribution < -0.4 is 11.3 Å². The monoisotopic (exact) mass is 198 g/mol. The smallest absolute Gasteiger partial charge is 0.0769 e. The number of thioether (sulfide) groups is 1. The first-order valence-electron chi connectivity index (χ1n) is 4.09. The number of hydrazine groups is 1. The Morgan fingerprint density at radius 3 is 3.00 bits per heavy atom. The molecule has 1 aromatic heterocycles. The van der Waals surface area contributed by atoms with Crippen LogP contribution in [0, 0.1) is 0 Å². The number of nitrogens with zero attached hydrogens (tertiary/aromatic N) is 2. The molecule has 1 aromatic rings. The van der Waals surface area contributed by atoms with Crippen molar-refractivity contribution >= 4 is 11.8 Å². The van der Waals surface area contributed by atoms with Gasteiger partial charge in [-0.1, -0.05) is 0 Å². The predicted octanol–water partition coefficient (Wildman–Crippen LogP) is 0.734. The molecule has 0 aliphatic heterocycles. The molecule has 4 nitrogen and oxygen atoms in total. The molecule has 0 radical (unpaired) electrons. The summed E-state index contributed by atoms with van der Waals surface area (Å²) in [6, 6.07) is 0.112. The van der Waals surface area contributed by atoms with E-state index in [0.29, 0.717) is 0 Å². The summed E-state index contributed by atoms with van der Waals surface area (Å²) in [5.74, 6) is 6.48. The summed E-state index contributed by atoms with van der Waals surface area (Å²) in [6.45, 7) is 0. The molecule has 0 aliphatic carbocycles. The number of nitrogens with one attached hydrogen (secondary N) is 1. The Labute approximate surface area is 82.3 Å². The highest BCUT2D eigenvalue weighted by atomic mass is 32.2. The minimum absolute atomic E-state index is 0.112. The fourth-order valence-electron chi connectivity index (χ4n) is 1.04. The van der Waals surface area contributed by atoms with Crippen LogP contribution in [0.25, 0.3) is 0 Å². The van der Waals surface area contributed by atoms with Crippen LogP contribution in [0.5, 0.6) is 0 Å². The topological polar surface area (TPSA) is 63.8 Å². The SMILES string of the molecule is CSCCC(NN)c1cnccn1. The lowest BCUT2D eigenvalue weighted by Gasteiger charge is -2.13. The Kier molecular flexibility index (Phi) is 4.74. The van der Waals surface area contributed by atoms with Crippen molar-refractivity contribution in [2.75, 3.05) is 12.0 Å². The zero-order valence-corrected chi connectivity index (χ0v) is 8.42. The van der Waals surface area contributed by atoms with Crippen LogP contribution in [-0.4, -0.2) is 22.0 Å². The first kappa shape index (κ1) is 10.4. The van der Waals surface area contributed by atoms with Crippen LogP contribution in [0.3, 0.4) is 0 Å². The van der Waals surface area contributed by atoms with E-state index < -0.39 is 0 Å². The lowest BCUT2D eigenvalue weighted by molar-refractivity contribution is 0.527. The molecule has 72 valence electrons. The highest BCUT2D eigenvalue weighted by Gasteiger charge is 2.09. The van der Waals surface area contributed by atoms with E-state index >= 15 is 0 Å². The van der Waals surface area contributed by atoms with Crippen molar-refractivity contribution in [3.05, 3.63) is 24.3 Å². The maximum absolute atomic E-state index is 5.42. The zero-order valence-electron chi connectivity index (χ0n) is 7.60. The van der Waals surface area contributed by atoms with Gasteiger partial charge in [-0.15, -0.1) is 0 Å². The molecule has 0 bridgehead atoms. The Hall–Kier alpha value is -0.650. The van der Waals surface area contributed by atoms with E-state index in [-0.39, 0.29) is 6.04 Å². The molecule has 0 spiro atoms. The third-order valence-corrected chi connectivity index (χ3v) is 2.40. The summed E-state index contributed by atoms with van der Waals surface area (Å²) in [5, 5.41) is 0. The number of rotatable bonds is 5. The Bertz CT molecular complexity index is 229. The molecular formula is C8H14N4S. The van der Waals surface area contributed by atoms with Gasteiger partial charge in [0.15, 0.2) is 0 Å². The summed E-state index contributed by atoms with van der Waals surface area (Å²) in [7, 11) is 0. The molecule has 0 aromatic carbocycles. The molecule has 0 aliphatic rings. The molecule has 5 heteroatoms. The molecule has 0 saturated heterocycles. The second-order valence-corrected chi connectivity index (χ2v) is 3.62. The van der Waals surface area contributed by atoms with E-state index in [9.17, 15) is 0 Å². The molecule has 0 fully saturated rings. The molecule has 3 N–H and O–H groups in total. The van der Waals surface area contributed by atoms with Gasteiger partial charge >= 0.3 is 0 Å². The molecule has 13 heavy (non-hydrogen) atoms. The van der Waals surface area contributed by atoms with E-state index in [0.717, 1.165) is 17.9 Å². The van der Waals surface area contributed by atoms with Gasteiger partial charge in [0.25, 0.3) is 0 Å². The van der Waals surface area contributed by atoms with Crippen molar-refractivity contribution in [3.8, 4) is 0 Å². The Morgan fingerprint density at radius 1 is 1.62 bits per heavy atom. The fraction of sp³-hybridized carbons (Fsp3) is 0.500. The number of hydrogen-bond acceptors (Lipinski definition) is 5. The molecule has 0 amide bonds. The molecule has 1 heterocycles. The molecule has 1 unspecified atom stereocenters. The van der Waals surface area contributed by atoms with Gasteiger partial charge in [0, 0.05) is 12.4 Å². The van der Waals surface area contributed by atoms with E-state index in [1.807, 2.05) is 0 Å². The van der Waals surface area contributed by atoms with Gasteiger partial charge in [0.2, 0.25) is 0 Å². The molecule has 1 atom stereocenters.